The molecule has 1 aliphatic carbocycles. The molecule has 4 rings (SSSR count). The van der Waals surface area contributed by atoms with Crippen molar-refractivity contribution in [3.05, 3.63) is 40.2 Å². The van der Waals surface area contributed by atoms with E-state index in [4.69, 9.17) is 13.9 Å². The highest BCUT2D eigenvalue weighted by atomic mass is 16.6. The molecule has 2 aromatic rings. The van der Waals surface area contributed by atoms with Crippen molar-refractivity contribution in [3.8, 4) is 5.75 Å². The average molecular weight is 442 g/mol. The van der Waals surface area contributed by atoms with Crippen LogP contribution < -0.4 is 21.2 Å². The minimum absolute atomic E-state index is 0.267. The lowest BCUT2D eigenvalue weighted by Gasteiger charge is -2.35. The van der Waals surface area contributed by atoms with Crippen LogP contribution in [-0.4, -0.2) is 30.0 Å². The fourth-order valence-electron chi connectivity index (χ4n) is 4.59. The molecule has 2 fully saturated rings. The molecular weight excluding hydrogens is 416 g/mol. The molecule has 9 heteroatoms. The Morgan fingerprint density at radius 2 is 1.84 bits per heavy atom. The van der Waals surface area contributed by atoms with Crippen LogP contribution in [0.2, 0.25) is 0 Å². The van der Waals surface area contributed by atoms with Gasteiger partial charge in [-0.05, 0) is 44.4 Å². The van der Waals surface area contributed by atoms with Gasteiger partial charge >= 0.3 is 11.6 Å². The van der Waals surface area contributed by atoms with Gasteiger partial charge in [-0.25, -0.2) is 4.79 Å². The first-order valence-electron chi connectivity index (χ1n) is 10.6. The molecule has 1 aromatic carbocycles. The van der Waals surface area contributed by atoms with E-state index in [1.54, 1.807) is 25.1 Å². The molecule has 170 valence electrons. The number of ether oxygens (including phenoxy) is 2. The Bertz CT molecular complexity index is 1180. The smallest absolute Gasteiger partial charge is 0.349 e. The number of esters is 1. The van der Waals surface area contributed by atoms with E-state index in [1.165, 1.54) is 6.07 Å². The fourth-order valence-corrected chi connectivity index (χ4v) is 4.59. The first-order chi connectivity index (χ1) is 15.1. The van der Waals surface area contributed by atoms with Crippen LogP contribution in [0, 0.1) is 10.8 Å². The minimum atomic E-state index is -1.38. The van der Waals surface area contributed by atoms with Crippen molar-refractivity contribution in [3.63, 3.8) is 0 Å². The summed E-state index contributed by atoms with van der Waals surface area (Å²) in [6.07, 6.45) is 1.70. The molecule has 2 heterocycles. The van der Waals surface area contributed by atoms with Crippen LogP contribution in [0.3, 0.4) is 0 Å². The van der Waals surface area contributed by atoms with Gasteiger partial charge in [0.05, 0.1) is 12.0 Å². The summed E-state index contributed by atoms with van der Waals surface area (Å²) >= 11 is 0. The van der Waals surface area contributed by atoms with Gasteiger partial charge in [-0.15, -0.1) is 0 Å². The molecule has 1 saturated heterocycles. The van der Waals surface area contributed by atoms with Crippen molar-refractivity contribution >= 4 is 28.8 Å². The van der Waals surface area contributed by atoms with Crippen molar-refractivity contribution in [2.45, 2.75) is 52.6 Å². The van der Waals surface area contributed by atoms with Crippen LogP contribution in [0.4, 0.5) is 0 Å². The van der Waals surface area contributed by atoms with Gasteiger partial charge in [-0.1, -0.05) is 20.8 Å². The number of nitrogens with one attached hydrogen (secondary N) is 2. The molecule has 1 aliphatic heterocycles. The summed E-state index contributed by atoms with van der Waals surface area (Å²) < 4.78 is 16.3. The van der Waals surface area contributed by atoms with Gasteiger partial charge in [-0.3, -0.25) is 25.2 Å². The molecule has 32 heavy (non-hydrogen) atoms. The predicted octanol–water partition coefficient (Wildman–Crippen LogP) is 2.46. The van der Waals surface area contributed by atoms with Gasteiger partial charge in [0.15, 0.2) is 5.60 Å². The third-order valence-corrected chi connectivity index (χ3v) is 7.16. The Hall–Kier alpha value is -3.36. The average Bonchev–Trinajstić information content (AvgIpc) is 3.05. The summed E-state index contributed by atoms with van der Waals surface area (Å²) in [6.45, 7) is 7.91. The van der Waals surface area contributed by atoms with E-state index >= 15 is 0 Å². The molecule has 0 spiro atoms. The first-order valence-corrected chi connectivity index (χ1v) is 10.6. The van der Waals surface area contributed by atoms with Gasteiger partial charge < -0.3 is 13.9 Å². The molecule has 1 saturated carbocycles. The summed E-state index contributed by atoms with van der Waals surface area (Å²) in [7, 11) is 0. The highest BCUT2D eigenvalue weighted by Gasteiger charge is 2.75. The third kappa shape index (κ3) is 2.98. The maximum absolute atomic E-state index is 13.0. The highest BCUT2D eigenvalue weighted by Crippen LogP contribution is 2.65. The van der Waals surface area contributed by atoms with E-state index in [0.29, 0.717) is 30.6 Å². The highest BCUT2D eigenvalue weighted by molar-refractivity contribution is 6.00. The van der Waals surface area contributed by atoms with Crippen LogP contribution in [0.25, 0.3) is 11.0 Å². The van der Waals surface area contributed by atoms with Crippen LogP contribution >= 0.6 is 0 Å². The molecular formula is C23H26N2O7. The molecule has 2 aliphatic rings. The summed E-state index contributed by atoms with van der Waals surface area (Å²) in [5.74, 6) is -1.33. The van der Waals surface area contributed by atoms with Crippen molar-refractivity contribution in [1.29, 1.82) is 0 Å². The molecule has 2 N–H and O–H groups in total. The summed E-state index contributed by atoms with van der Waals surface area (Å²) in [5, 5.41) is 0.529. The second-order valence-corrected chi connectivity index (χ2v) is 9.08. The third-order valence-electron chi connectivity index (χ3n) is 7.16. The molecule has 2 atom stereocenters. The Labute approximate surface area is 184 Å². The Kier molecular flexibility index (Phi) is 5.02. The molecule has 2 bridgehead atoms. The lowest BCUT2D eigenvalue weighted by Crippen LogP contribution is -2.57. The SMILES string of the molecule is CCCOc1ccc2cc(C(=O)NNC(=O)C34CCC(C)(C(=O)O3)C4(C)C)c(=O)oc2c1. The zero-order chi connectivity index (χ0) is 23.3. The zero-order valence-electron chi connectivity index (χ0n) is 18.5. The number of carbonyl (C=O) groups excluding carboxylic acids is 3. The number of fused-ring (bicyclic) bond motifs is 3. The normalized spacial score (nSPS) is 25.4. The lowest BCUT2D eigenvalue weighted by atomic mass is 9.66. The van der Waals surface area contributed by atoms with Crippen molar-refractivity contribution in [2.24, 2.45) is 10.8 Å². The number of benzene rings is 1. The molecule has 0 radical (unpaired) electrons. The topological polar surface area (TPSA) is 124 Å². The maximum atomic E-state index is 13.0. The van der Waals surface area contributed by atoms with Gasteiger partial charge in [0, 0.05) is 16.9 Å². The largest absolute Gasteiger partial charge is 0.493 e. The monoisotopic (exact) mass is 442 g/mol. The molecule has 2 amide bonds. The van der Waals surface area contributed by atoms with E-state index in [1.807, 2.05) is 20.8 Å². The Morgan fingerprint density at radius 3 is 2.47 bits per heavy atom. The summed E-state index contributed by atoms with van der Waals surface area (Å²) in [6, 6.07) is 6.37. The van der Waals surface area contributed by atoms with E-state index < -0.39 is 39.8 Å². The van der Waals surface area contributed by atoms with E-state index in [9.17, 15) is 19.2 Å². The summed E-state index contributed by atoms with van der Waals surface area (Å²) in [4.78, 5) is 50.3. The standard InChI is InChI=1S/C23H26N2O7/c1-5-10-30-14-7-6-13-11-15(18(27)31-16(13)12-14)17(26)24-25-19(28)23-9-8-22(4,20(29)32-23)21(23,2)3/h6-7,11-12H,5,8-10H2,1-4H3,(H,24,26)(H,25,28). The second-order valence-electron chi connectivity index (χ2n) is 9.08. The number of rotatable bonds is 5. The lowest BCUT2D eigenvalue weighted by molar-refractivity contribution is -0.168. The molecule has 2 unspecified atom stereocenters. The van der Waals surface area contributed by atoms with Crippen LogP contribution in [0.5, 0.6) is 5.75 Å². The Balaban J connectivity index is 1.51. The number of hydrogen-bond donors (Lipinski definition) is 2. The zero-order valence-corrected chi connectivity index (χ0v) is 18.5. The molecule has 9 nitrogen and oxygen atoms in total. The number of hydrogen-bond acceptors (Lipinski definition) is 7. The van der Waals surface area contributed by atoms with E-state index in [2.05, 4.69) is 10.9 Å². The van der Waals surface area contributed by atoms with Crippen molar-refractivity contribution in [2.75, 3.05) is 6.61 Å². The molecule has 1 aromatic heterocycles. The van der Waals surface area contributed by atoms with Crippen LogP contribution in [0.1, 0.15) is 57.3 Å². The first kappa shape index (κ1) is 21.9. The van der Waals surface area contributed by atoms with Gasteiger partial charge in [0.1, 0.15) is 16.9 Å². The Morgan fingerprint density at radius 1 is 1.09 bits per heavy atom. The van der Waals surface area contributed by atoms with Gasteiger partial charge in [0.2, 0.25) is 0 Å². The minimum Gasteiger partial charge on any atom is -0.493 e. The van der Waals surface area contributed by atoms with Crippen molar-refractivity contribution < 1.29 is 28.3 Å². The number of carbonyl (C=O) groups is 3. The summed E-state index contributed by atoms with van der Waals surface area (Å²) in [5.41, 5.74) is 0.833. The maximum Gasteiger partial charge on any atom is 0.349 e. The van der Waals surface area contributed by atoms with Crippen molar-refractivity contribution in [1.82, 2.24) is 10.9 Å². The van der Waals surface area contributed by atoms with Crippen LogP contribution in [0.15, 0.2) is 33.5 Å². The number of hydrazine groups is 1. The number of amides is 2. The van der Waals surface area contributed by atoms with E-state index in [0.717, 1.165) is 6.42 Å². The van der Waals surface area contributed by atoms with E-state index in [-0.39, 0.29) is 11.1 Å². The second kappa shape index (κ2) is 7.36. The van der Waals surface area contributed by atoms with Gasteiger partial charge in [0.25, 0.3) is 11.8 Å². The van der Waals surface area contributed by atoms with Crippen LogP contribution in [-0.2, 0) is 14.3 Å². The quantitative estimate of drug-likeness (QED) is 0.414. The van der Waals surface area contributed by atoms with Gasteiger partial charge in [-0.2, -0.15) is 0 Å². The predicted molar refractivity (Wildman–Crippen MR) is 114 cm³/mol. The fraction of sp³-hybridized carbons (Fsp3) is 0.478.